The minimum absolute atomic E-state index is 0.758. The Labute approximate surface area is 124 Å². The number of halogens is 2. The molecule has 1 aromatic heterocycles. The zero-order valence-corrected chi connectivity index (χ0v) is 12.9. The molecule has 0 spiro atoms. The molecular weight excluding hydrogens is 332 g/mol. The van der Waals surface area contributed by atoms with Crippen molar-refractivity contribution >= 4 is 39.3 Å². The fourth-order valence-corrected chi connectivity index (χ4v) is 2.81. The van der Waals surface area contributed by atoms with E-state index in [2.05, 4.69) is 26.2 Å². The van der Waals surface area contributed by atoms with Gasteiger partial charge in [-0.2, -0.15) is 0 Å². The van der Waals surface area contributed by atoms with Gasteiger partial charge in [-0.15, -0.1) is 0 Å². The summed E-state index contributed by atoms with van der Waals surface area (Å²) in [7, 11) is 1.92. The van der Waals surface area contributed by atoms with Gasteiger partial charge in [-0.1, -0.05) is 23.4 Å². The van der Waals surface area contributed by atoms with E-state index in [4.69, 9.17) is 11.6 Å². The zero-order valence-electron chi connectivity index (χ0n) is 9.78. The summed E-state index contributed by atoms with van der Waals surface area (Å²) in [6.45, 7) is 0.791. The summed E-state index contributed by atoms with van der Waals surface area (Å²) >= 11 is 11.0. The quantitative estimate of drug-likeness (QED) is 0.892. The molecule has 0 saturated heterocycles. The zero-order chi connectivity index (χ0) is 13.0. The smallest absolute Gasteiger partial charge is 0.101 e. The lowest BCUT2D eigenvalue weighted by Gasteiger charge is -2.09. The predicted octanol–water partition coefficient (Wildman–Crippen LogP) is 4.37. The number of rotatable bonds is 4. The van der Waals surface area contributed by atoms with Gasteiger partial charge in [-0.3, -0.25) is 0 Å². The summed E-state index contributed by atoms with van der Waals surface area (Å²) in [5.41, 5.74) is 1.18. The molecule has 0 aliphatic carbocycles. The minimum Gasteiger partial charge on any atom is -0.316 e. The average Bonchev–Trinajstić information content (AvgIpc) is 2.36. The summed E-state index contributed by atoms with van der Waals surface area (Å²) in [5.74, 6) is 0. The van der Waals surface area contributed by atoms with Gasteiger partial charge >= 0.3 is 0 Å². The van der Waals surface area contributed by atoms with Gasteiger partial charge in [0.25, 0.3) is 0 Å². The molecule has 0 aliphatic rings. The first-order valence-corrected chi connectivity index (χ1v) is 7.40. The molecule has 18 heavy (non-hydrogen) atoms. The topological polar surface area (TPSA) is 24.9 Å². The monoisotopic (exact) mass is 342 g/mol. The van der Waals surface area contributed by atoms with Gasteiger partial charge in [0, 0.05) is 27.1 Å². The highest BCUT2D eigenvalue weighted by Crippen LogP contribution is 2.31. The van der Waals surface area contributed by atoms with Crippen LogP contribution in [0.1, 0.15) is 5.56 Å². The van der Waals surface area contributed by atoms with Gasteiger partial charge in [-0.25, -0.2) is 4.98 Å². The maximum Gasteiger partial charge on any atom is 0.101 e. The van der Waals surface area contributed by atoms with Gasteiger partial charge < -0.3 is 5.32 Å². The number of nitrogens with zero attached hydrogens (tertiary/aromatic N) is 1. The second-order valence-electron chi connectivity index (χ2n) is 3.70. The van der Waals surface area contributed by atoms with Crippen molar-refractivity contribution in [2.45, 2.75) is 16.5 Å². The standard InChI is InChI=1S/C13H12BrClN2S/c1-16-7-9-6-11(15)3-4-12(9)18-13-5-2-10(14)8-17-13/h2-6,8,16H,7H2,1H3. The Morgan fingerprint density at radius 1 is 1.33 bits per heavy atom. The Bertz CT molecular complexity index is 531. The Morgan fingerprint density at radius 2 is 2.17 bits per heavy atom. The van der Waals surface area contributed by atoms with Crippen molar-refractivity contribution in [3.8, 4) is 0 Å². The molecule has 0 bridgehead atoms. The molecule has 2 aromatic rings. The third-order valence-corrected chi connectivity index (χ3v) is 4.08. The molecule has 5 heteroatoms. The van der Waals surface area contributed by atoms with Crippen molar-refractivity contribution in [2.24, 2.45) is 0 Å². The molecule has 2 nitrogen and oxygen atoms in total. The van der Waals surface area contributed by atoms with Crippen molar-refractivity contribution in [1.82, 2.24) is 10.3 Å². The molecule has 0 aliphatic heterocycles. The molecule has 0 fully saturated rings. The SMILES string of the molecule is CNCc1cc(Cl)ccc1Sc1ccc(Br)cn1. The Balaban J connectivity index is 2.25. The molecule has 0 atom stereocenters. The number of benzene rings is 1. The Hall–Kier alpha value is -0.550. The van der Waals surface area contributed by atoms with Gasteiger partial charge in [-0.05, 0) is 58.9 Å². The van der Waals surface area contributed by atoms with Crippen LogP contribution in [0.5, 0.6) is 0 Å². The fourth-order valence-electron chi connectivity index (χ4n) is 1.51. The fraction of sp³-hybridized carbons (Fsp3) is 0.154. The van der Waals surface area contributed by atoms with Gasteiger partial charge in [0.15, 0.2) is 0 Å². The number of nitrogens with one attached hydrogen (secondary N) is 1. The molecule has 0 unspecified atom stereocenters. The first kappa shape index (κ1) is 13.9. The van der Waals surface area contributed by atoms with E-state index in [9.17, 15) is 0 Å². The third-order valence-electron chi connectivity index (χ3n) is 2.30. The van der Waals surface area contributed by atoms with E-state index in [1.54, 1.807) is 18.0 Å². The van der Waals surface area contributed by atoms with E-state index in [1.807, 2.05) is 37.4 Å². The molecule has 2 rings (SSSR count). The minimum atomic E-state index is 0.758. The molecule has 94 valence electrons. The van der Waals surface area contributed by atoms with Crippen molar-refractivity contribution in [2.75, 3.05) is 7.05 Å². The lowest BCUT2D eigenvalue weighted by molar-refractivity contribution is 0.803. The normalized spacial score (nSPS) is 10.6. The van der Waals surface area contributed by atoms with E-state index in [1.165, 1.54) is 10.5 Å². The van der Waals surface area contributed by atoms with Crippen LogP contribution in [0.2, 0.25) is 5.02 Å². The number of hydrogen-bond donors (Lipinski definition) is 1. The summed E-state index contributed by atoms with van der Waals surface area (Å²) < 4.78 is 0.985. The molecular formula is C13H12BrClN2S. The molecule has 1 heterocycles. The second kappa shape index (κ2) is 6.57. The third kappa shape index (κ3) is 3.72. The first-order valence-electron chi connectivity index (χ1n) is 5.41. The molecule has 1 N–H and O–H groups in total. The van der Waals surface area contributed by atoms with E-state index in [0.717, 1.165) is 21.1 Å². The van der Waals surface area contributed by atoms with Crippen LogP contribution in [0.25, 0.3) is 0 Å². The maximum atomic E-state index is 6.02. The van der Waals surface area contributed by atoms with Crippen LogP contribution in [0.3, 0.4) is 0 Å². The Kier molecular flexibility index (Phi) is 5.06. The number of aromatic nitrogens is 1. The van der Waals surface area contributed by atoms with Gasteiger partial charge in [0.1, 0.15) is 5.03 Å². The molecule has 0 radical (unpaired) electrons. The first-order chi connectivity index (χ1) is 8.69. The van der Waals surface area contributed by atoms with Gasteiger partial charge in [0.05, 0.1) is 0 Å². The predicted molar refractivity (Wildman–Crippen MR) is 80.3 cm³/mol. The molecule has 1 aromatic carbocycles. The highest BCUT2D eigenvalue weighted by molar-refractivity contribution is 9.10. The van der Waals surface area contributed by atoms with Crippen molar-refractivity contribution in [3.05, 3.63) is 51.6 Å². The largest absolute Gasteiger partial charge is 0.316 e. The average molecular weight is 344 g/mol. The highest BCUT2D eigenvalue weighted by Gasteiger charge is 2.06. The molecule has 0 amide bonds. The van der Waals surface area contributed by atoms with Gasteiger partial charge in [0.2, 0.25) is 0 Å². The van der Waals surface area contributed by atoms with E-state index in [0.29, 0.717) is 0 Å². The van der Waals surface area contributed by atoms with Crippen LogP contribution in [0, 0.1) is 0 Å². The summed E-state index contributed by atoms with van der Waals surface area (Å²) in [6.07, 6.45) is 1.80. The lowest BCUT2D eigenvalue weighted by Crippen LogP contribution is -2.06. The number of pyridine rings is 1. The maximum absolute atomic E-state index is 6.02. The summed E-state index contributed by atoms with van der Waals surface area (Å²) in [4.78, 5) is 5.53. The van der Waals surface area contributed by atoms with E-state index in [-0.39, 0.29) is 0 Å². The molecule has 0 saturated carbocycles. The highest BCUT2D eigenvalue weighted by atomic mass is 79.9. The van der Waals surface area contributed by atoms with Crippen molar-refractivity contribution < 1.29 is 0 Å². The van der Waals surface area contributed by atoms with Crippen LogP contribution in [0.15, 0.2) is 50.9 Å². The summed E-state index contributed by atoms with van der Waals surface area (Å²) in [6, 6.07) is 9.90. The number of hydrogen-bond acceptors (Lipinski definition) is 3. The van der Waals surface area contributed by atoms with E-state index >= 15 is 0 Å². The summed E-state index contributed by atoms with van der Waals surface area (Å²) in [5, 5.41) is 4.87. The van der Waals surface area contributed by atoms with Crippen LogP contribution in [-0.2, 0) is 6.54 Å². The lowest BCUT2D eigenvalue weighted by atomic mass is 10.2. The van der Waals surface area contributed by atoms with Crippen molar-refractivity contribution in [3.63, 3.8) is 0 Å². The van der Waals surface area contributed by atoms with E-state index < -0.39 is 0 Å². The van der Waals surface area contributed by atoms with Crippen LogP contribution >= 0.6 is 39.3 Å². The Morgan fingerprint density at radius 3 is 2.83 bits per heavy atom. The van der Waals surface area contributed by atoms with Crippen LogP contribution in [0.4, 0.5) is 0 Å². The van der Waals surface area contributed by atoms with Crippen molar-refractivity contribution in [1.29, 1.82) is 0 Å². The second-order valence-corrected chi connectivity index (χ2v) is 6.11. The van der Waals surface area contributed by atoms with Crippen LogP contribution < -0.4 is 5.32 Å². The van der Waals surface area contributed by atoms with Crippen LogP contribution in [-0.4, -0.2) is 12.0 Å².